The number of rotatable bonds is 2. The van der Waals surface area contributed by atoms with Crippen LogP contribution in [0.2, 0.25) is 0 Å². The zero-order valence-corrected chi connectivity index (χ0v) is 10.7. The summed E-state index contributed by atoms with van der Waals surface area (Å²) in [4.78, 5) is 38.0. The van der Waals surface area contributed by atoms with Crippen LogP contribution in [-0.4, -0.2) is 55.6 Å². The van der Waals surface area contributed by atoms with Gasteiger partial charge in [-0.1, -0.05) is 0 Å². The van der Waals surface area contributed by atoms with Crippen molar-refractivity contribution in [3.05, 3.63) is 11.6 Å². The average Bonchev–Trinajstić information content (AvgIpc) is 2.25. The lowest BCUT2D eigenvalue weighted by atomic mass is 9.86. The Hall–Kier alpha value is -1.65. The summed E-state index contributed by atoms with van der Waals surface area (Å²) in [5.41, 5.74) is 0.423. The van der Waals surface area contributed by atoms with Crippen molar-refractivity contribution in [2.24, 2.45) is 5.92 Å². The standard InChI is InChI=1S/C12H18N2O3/c1-13(2)11(16)8-5-9(7-10(15)6-8)12(17)14(3)4/h6,9H,5,7H2,1-4H3. The van der Waals surface area contributed by atoms with Crippen molar-refractivity contribution < 1.29 is 14.4 Å². The van der Waals surface area contributed by atoms with Gasteiger partial charge in [-0.25, -0.2) is 0 Å². The third-order valence-electron chi connectivity index (χ3n) is 2.72. The zero-order valence-electron chi connectivity index (χ0n) is 10.7. The van der Waals surface area contributed by atoms with Crippen molar-refractivity contribution in [1.82, 2.24) is 9.80 Å². The highest BCUT2D eigenvalue weighted by Gasteiger charge is 2.30. The molecule has 1 aliphatic rings. The third-order valence-corrected chi connectivity index (χ3v) is 2.72. The van der Waals surface area contributed by atoms with Crippen molar-refractivity contribution in [1.29, 1.82) is 0 Å². The number of likely N-dealkylation sites (N-methyl/N-ethyl adjacent to an activating group) is 1. The van der Waals surface area contributed by atoms with Gasteiger partial charge in [-0.05, 0) is 12.5 Å². The van der Waals surface area contributed by atoms with Crippen molar-refractivity contribution >= 4 is 17.6 Å². The lowest BCUT2D eigenvalue weighted by Crippen LogP contribution is -2.35. The van der Waals surface area contributed by atoms with Crippen molar-refractivity contribution in [3.8, 4) is 0 Å². The van der Waals surface area contributed by atoms with E-state index >= 15 is 0 Å². The molecule has 1 unspecified atom stereocenters. The van der Waals surface area contributed by atoms with Crippen LogP contribution in [0.3, 0.4) is 0 Å². The van der Waals surface area contributed by atoms with Gasteiger partial charge >= 0.3 is 0 Å². The number of nitrogens with zero attached hydrogens (tertiary/aromatic N) is 2. The summed E-state index contributed by atoms with van der Waals surface area (Å²) in [6, 6.07) is 0. The number of hydrogen-bond acceptors (Lipinski definition) is 3. The zero-order chi connectivity index (χ0) is 13.2. The summed E-state index contributed by atoms with van der Waals surface area (Å²) >= 11 is 0. The Morgan fingerprint density at radius 1 is 1.12 bits per heavy atom. The van der Waals surface area contributed by atoms with E-state index in [1.807, 2.05) is 0 Å². The van der Waals surface area contributed by atoms with Crippen LogP contribution in [0.15, 0.2) is 11.6 Å². The smallest absolute Gasteiger partial charge is 0.249 e. The minimum absolute atomic E-state index is 0.101. The Morgan fingerprint density at radius 2 is 1.71 bits per heavy atom. The van der Waals surface area contributed by atoms with Gasteiger partial charge in [0.1, 0.15) is 0 Å². The van der Waals surface area contributed by atoms with Crippen LogP contribution in [0, 0.1) is 5.92 Å². The molecule has 0 heterocycles. The molecule has 94 valence electrons. The van der Waals surface area contributed by atoms with Crippen molar-refractivity contribution in [2.75, 3.05) is 28.2 Å². The van der Waals surface area contributed by atoms with Crippen LogP contribution in [0.5, 0.6) is 0 Å². The first-order valence-electron chi connectivity index (χ1n) is 5.49. The van der Waals surface area contributed by atoms with Gasteiger partial charge in [0.2, 0.25) is 11.8 Å². The monoisotopic (exact) mass is 238 g/mol. The fourth-order valence-electron chi connectivity index (χ4n) is 1.87. The predicted octanol–water partition coefficient (Wildman–Crippen LogP) is 0.0683. The number of allylic oxidation sites excluding steroid dienone is 1. The summed E-state index contributed by atoms with van der Waals surface area (Å²) < 4.78 is 0. The van der Waals surface area contributed by atoms with Crippen LogP contribution in [0.4, 0.5) is 0 Å². The van der Waals surface area contributed by atoms with Gasteiger partial charge in [-0.2, -0.15) is 0 Å². The molecule has 0 N–H and O–H groups in total. The molecule has 5 nitrogen and oxygen atoms in total. The average molecular weight is 238 g/mol. The molecular weight excluding hydrogens is 220 g/mol. The molecular formula is C12H18N2O3. The fourth-order valence-corrected chi connectivity index (χ4v) is 1.87. The molecule has 1 rings (SSSR count). The van der Waals surface area contributed by atoms with Gasteiger partial charge in [-0.15, -0.1) is 0 Å². The second-order valence-electron chi connectivity index (χ2n) is 4.67. The Labute approximate surface area is 101 Å². The second-order valence-corrected chi connectivity index (χ2v) is 4.67. The van der Waals surface area contributed by atoms with Crippen LogP contribution in [0.25, 0.3) is 0 Å². The molecule has 17 heavy (non-hydrogen) atoms. The Morgan fingerprint density at radius 3 is 2.18 bits per heavy atom. The molecule has 0 aliphatic heterocycles. The lowest BCUT2D eigenvalue weighted by Gasteiger charge is -2.24. The van der Waals surface area contributed by atoms with E-state index in [0.717, 1.165) is 0 Å². The van der Waals surface area contributed by atoms with E-state index in [9.17, 15) is 14.4 Å². The highest BCUT2D eigenvalue weighted by molar-refractivity contribution is 6.05. The largest absolute Gasteiger partial charge is 0.349 e. The number of carbonyl (C=O) groups excluding carboxylic acids is 3. The van der Waals surface area contributed by atoms with Crippen LogP contribution in [-0.2, 0) is 14.4 Å². The molecule has 0 saturated carbocycles. The number of ketones is 1. The maximum atomic E-state index is 11.8. The molecule has 5 heteroatoms. The topological polar surface area (TPSA) is 57.7 Å². The molecule has 0 spiro atoms. The molecule has 0 fully saturated rings. The van der Waals surface area contributed by atoms with Gasteiger partial charge in [0.15, 0.2) is 5.78 Å². The fraction of sp³-hybridized carbons (Fsp3) is 0.583. The number of carbonyl (C=O) groups is 3. The molecule has 0 radical (unpaired) electrons. The summed E-state index contributed by atoms with van der Waals surface area (Å²) in [5, 5.41) is 0. The molecule has 0 aromatic heterocycles. The maximum Gasteiger partial charge on any atom is 0.249 e. The highest BCUT2D eigenvalue weighted by atomic mass is 16.2. The molecule has 0 aromatic carbocycles. The minimum atomic E-state index is -0.401. The van der Waals surface area contributed by atoms with E-state index < -0.39 is 5.92 Å². The van der Waals surface area contributed by atoms with Gasteiger partial charge < -0.3 is 9.80 Å². The van der Waals surface area contributed by atoms with Gasteiger partial charge in [0, 0.05) is 46.1 Å². The first-order chi connectivity index (χ1) is 7.82. The first-order valence-corrected chi connectivity index (χ1v) is 5.49. The normalized spacial score (nSPS) is 19.6. The van der Waals surface area contributed by atoms with Gasteiger partial charge in [0.05, 0.1) is 0 Å². The molecule has 2 amide bonds. The molecule has 0 bridgehead atoms. The molecule has 1 aliphatic carbocycles. The first kappa shape index (κ1) is 13.4. The van der Waals surface area contributed by atoms with E-state index in [1.165, 1.54) is 15.9 Å². The van der Waals surface area contributed by atoms with E-state index in [4.69, 9.17) is 0 Å². The van der Waals surface area contributed by atoms with Gasteiger partial charge in [-0.3, -0.25) is 14.4 Å². The lowest BCUT2D eigenvalue weighted by molar-refractivity contribution is -0.135. The maximum absolute atomic E-state index is 11.8. The van der Waals surface area contributed by atoms with Crippen LogP contribution in [0.1, 0.15) is 12.8 Å². The summed E-state index contributed by atoms with van der Waals surface area (Å²) in [6.07, 6.45) is 1.91. The van der Waals surface area contributed by atoms with Crippen LogP contribution >= 0.6 is 0 Å². The van der Waals surface area contributed by atoms with Crippen LogP contribution < -0.4 is 0 Å². The Balaban J connectivity index is 2.87. The number of hydrogen-bond donors (Lipinski definition) is 0. The summed E-state index contributed by atoms with van der Waals surface area (Å²) in [7, 11) is 6.56. The Kier molecular flexibility index (Phi) is 4.04. The number of amides is 2. The summed E-state index contributed by atoms with van der Waals surface area (Å²) in [6.45, 7) is 0. The third kappa shape index (κ3) is 3.15. The van der Waals surface area contributed by atoms with E-state index in [-0.39, 0.29) is 24.0 Å². The second kappa shape index (κ2) is 5.12. The molecule has 0 saturated heterocycles. The predicted molar refractivity (Wildman–Crippen MR) is 63.2 cm³/mol. The van der Waals surface area contributed by atoms with E-state index in [1.54, 1.807) is 28.2 Å². The van der Waals surface area contributed by atoms with E-state index in [0.29, 0.717) is 12.0 Å². The van der Waals surface area contributed by atoms with E-state index in [2.05, 4.69) is 0 Å². The summed E-state index contributed by atoms with van der Waals surface area (Å²) in [5.74, 6) is -0.854. The van der Waals surface area contributed by atoms with Crippen molar-refractivity contribution in [3.63, 3.8) is 0 Å². The minimum Gasteiger partial charge on any atom is -0.349 e. The highest BCUT2D eigenvalue weighted by Crippen LogP contribution is 2.24. The SMILES string of the molecule is CN(C)C(=O)C1=CC(=O)CC(C(=O)N(C)C)C1. The Bertz CT molecular complexity index is 383. The molecule has 1 atom stereocenters. The van der Waals surface area contributed by atoms with Gasteiger partial charge in [0.25, 0.3) is 0 Å². The van der Waals surface area contributed by atoms with Crippen molar-refractivity contribution in [2.45, 2.75) is 12.8 Å². The molecule has 0 aromatic rings. The quantitative estimate of drug-likeness (QED) is 0.684.